The Hall–Kier alpha value is -2.35. The Morgan fingerprint density at radius 1 is 1.31 bits per heavy atom. The number of hydrogen-bond acceptors (Lipinski definition) is 5. The molecule has 1 heterocycles. The summed E-state index contributed by atoms with van der Waals surface area (Å²) in [4.78, 5) is 23.5. The molecule has 140 valence electrons. The van der Waals surface area contributed by atoms with Gasteiger partial charge in [0.1, 0.15) is 5.82 Å². The molecule has 0 aliphatic heterocycles. The normalized spacial score (nSPS) is 12.0. The molecule has 1 aromatic carbocycles. The number of benzene rings is 1. The maximum atomic E-state index is 12.6. The van der Waals surface area contributed by atoms with E-state index in [-0.39, 0.29) is 23.5 Å². The number of nitrogens with two attached hydrogens (primary N) is 1. The molecular weight excluding hydrogens is 350 g/mol. The van der Waals surface area contributed by atoms with Crippen LogP contribution in [0.5, 0.6) is 0 Å². The zero-order chi connectivity index (χ0) is 19.3. The molecular formula is C18H25N5O2S. The number of anilines is 1. The zero-order valence-corrected chi connectivity index (χ0v) is 16.4. The number of amides is 2. The smallest absolute Gasteiger partial charge is 0.237 e. The van der Waals surface area contributed by atoms with Gasteiger partial charge in [0.15, 0.2) is 5.16 Å². The van der Waals surface area contributed by atoms with E-state index < -0.39 is 0 Å². The highest BCUT2D eigenvalue weighted by atomic mass is 32.2. The van der Waals surface area contributed by atoms with E-state index in [0.717, 1.165) is 16.8 Å². The lowest BCUT2D eigenvalue weighted by molar-refractivity contribution is -0.118. The van der Waals surface area contributed by atoms with E-state index in [1.807, 2.05) is 50.5 Å². The van der Waals surface area contributed by atoms with Gasteiger partial charge in [0.25, 0.3) is 0 Å². The Bertz CT molecular complexity index is 803. The number of aryl methyl sites for hydroxylation is 3. The SMILES string of the molecule is CCn1c(CCC(N)=O)nnc1S[C@@H](C)C(=O)Nc1cc(C)ccc1C. The van der Waals surface area contributed by atoms with Crippen LogP contribution in [-0.4, -0.2) is 31.8 Å². The minimum Gasteiger partial charge on any atom is -0.370 e. The third kappa shape index (κ3) is 5.08. The molecule has 0 radical (unpaired) electrons. The van der Waals surface area contributed by atoms with Crippen LogP contribution in [0.1, 0.15) is 37.2 Å². The summed E-state index contributed by atoms with van der Waals surface area (Å²) in [6.45, 7) is 8.43. The Morgan fingerprint density at radius 2 is 2.04 bits per heavy atom. The third-order valence-corrected chi connectivity index (χ3v) is 5.09. The number of carbonyl (C=O) groups excluding carboxylic acids is 2. The van der Waals surface area contributed by atoms with E-state index in [1.54, 1.807) is 0 Å². The van der Waals surface area contributed by atoms with Crippen LogP contribution >= 0.6 is 11.8 Å². The second kappa shape index (κ2) is 8.84. The number of nitrogens with zero attached hydrogens (tertiary/aromatic N) is 3. The Morgan fingerprint density at radius 3 is 2.69 bits per heavy atom. The number of carbonyl (C=O) groups is 2. The Labute approximate surface area is 157 Å². The predicted octanol–water partition coefficient (Wildman–Crippen LogP) is 2.45. The fourth-order valence-corrected chi connectivity index (χ4v) is 3.39. The molecule has 2 amide bonds. The first-order valence-electron chi connectivity index (χ1n) is 8.57. The maximum absolute atomic E-state index is 12.6. The number of primary amides is 1. The van der Waals surface area contributed by atoms with Gasteiger partial charge in [0.05, 0.1) is 5.25 Å². The summed E-state index contributed by atoms with van der Waals surface area (Å²) >= 11 is 1.35. The van der Waals surface area contributed by atoms with E-state index in [4.69, 9.17) is 5.73 Å². The first-order chi connectivity index (χ1) is 12.3. The van der Waals surface area contributed by atoms with Crippen molar-refractivity contribution in [1.29, 1.82) is 0 Å². The van der Waals surface area contributed by atoms with Crippen LogP contribution in [0.25, 0.3) is 0 Å². The summed E-state index contributed by atoms with van der Waals surface area (Å²) in [6, 6.07) is 5.96. The second-order valence-corrected chi connectivity index (χ2v) is 7.49. The molecule has 0 aliphatic rings. The zero-order valence-electron chi connectivity index (χ0n) is 15.6. The first-order valence-corrected chi connectivity index (χ1v) is 9.45. The topological polar surface area (TPSA) is 103 Å². The van der Waals surface area contributed by atoms with Crippen molar-refractivity contribution in [2.24, 2.45) is 5.73 Å². The van der Waals surface area contributed by atoms with Gasteiger partial charge in [-0.2, -0.15) is 0 Å². The number of nitrogens with one attached hydrogen (secondary N) is 1. The molecule has 8 heteroatoms. The lowest BCUT2D eigenvalue weighted by Crippen LogP contribution is -2.23. The molecule has 2 aromatic rings. The lowest BCUT2D eigenvalue weighted by Gasteiger charge is -2.14. The van der Waals surface area contributed by atoms with Crippen molar-refractivity contribution in [2.75, 3.05) is 5.32 Å². The van der Waals surface area contributed by atoms with Gasteiger partial charge in [-0.1, -0.05) is 23.9 Å². The van der Waals surface area contributed by atoms with Gasteiger partial charge in [-0.05, 0) is 44.9 Å². The van der Waals surface area contributed by atoms with Crippen molar-refractivity contribution in [1.82, 2.24) is 14.8 Å². The molecule has 26 heavy (non-hydrogen) atoms. The van der Waals surface area contributed by atoms with Crippen molar-refractivity contribution in [3.8, 4) is 0 Å². The maximum Gasteiger partial charge on any atom is 0.237 e. The number of rotatable bonds is 8. The van der Waals surface area contributed by atoms with Crippen LogP contribution in [0.3, 0.4) is 0 Å². The monoisotopic (exact) mass is 375 g/mol. The fraction of sp³-hybridized carbons (Fsp3) is 0.444. The van der Waals surface area contributed by atoms with Crippen LogP contribution in [0, 0.1) is 13.8 Å². The highest BCUT2D eigenvalue weighted by Gasteiger charge is 2.20. The molecule has 0 aliphatic carbocycles. The summed E-state index contributed by atoms with van der Waals surface area (Å²) in [5, 5.41) is 11.6. The molecule has 3 N–H and O–H groups in total. The Kier molecular flexibility index (Phi) is 6.79. The summed E-state index contributed by atoms with van der Waals surface area (Å²) in [5.74, 6) is 0.245. The Balaban J connectivity index is 2.06. The van der Waals surface area contributed by atoms with E-state index >= 15 is 0 Å². The van der Waals surface area contributed by atoms with Gasteiger partial charge in [0, 0.05) is 25.1 Å². The van der Waals surface area contributed by atoms with Crippen LogP contribution in [-0.2, 0) is 22.6 Å². The lowest BCUT2D eigenvalue weighted by atomic mass is 10.1. The van der Waals surface area contributed by atoms with Crippen LogP contribution < -0.4 is 11.1 Å². The molecule has 0 spiro atoms. The van der Waals surface area contributed by atoms with E-state index in [0.29, 0.717) is 23.9 Å². The highest BCUT2D eigenvalue weighted by Crippen LogP contribution is 2.25. The predicted molar refractivity (Wildman–Crippen MR) is 103 cm³/mol. The summed E-state index contributed by atoms with van der Waals surface area (Å²) in [6.07, 6.45) is 0.672. The molecule has 7 nitrogen and oxygen atoms in total. The van der Waals surface area contributed by atoms with Gasteiger partial charge in [-0.15, -0.1) is 10.2 Å². The third-order valence-electron chi connectivity index (χ3n) is 4.01. The summed E-state index contributed by atoms with van der Waals surface area (Å²) in [5.41, 5.74) is 8.14. The van der Waals surface area contributed by atoms with Gasteiger partial charge >= 0.3 is 0 Å². The molecule has 1 aromatic heterocycles. The summed E-state index contributed by atoms with van der Waals surface area (Å²) in [7, 11) is 0. The van der Waals surface area contributed by atoms with Crippen LogP contribution in [0.15, 0.2) is 23.4 Å². The molecule has 0 unspecified atom stereocenters. The molecule has 0 fully saturated rings. The highest BCUT2D eigenvalue weighted by molar-refractivity contribution is 8.00. The average molecular weight is 375 g/mol. The molecule has 2 rings (SSSR count). The van der Waals surface area contributed by atoms with Gasteiger partial charge in [0.2, 0.25) is 11.8 Å². The van der Waals surface area contributed by atoms with E-state index in [1.165, 1.54) is 11.8 Å². The van der Waals surface area contributed by atoms with Crippen molar-refractivity contribution >= 4 is 29.3 Å². The first kappa shape index (κ1) is 20.0. The number of aromatic nitrogens is 3. The van der Waals surface area contributed by atoms with Crippen molar-refractivity contribution in [3.63, 3.8) is 0 Å². The van der Waals surface area contributed by atoms with Crippen LogP contribution in [0.2, 0.25) is 0 Å². The largest absolute Gasteiger partial charge is 0.370 e. The minimum atomic E-state index is -0.369. The van der Waals surface area contributed by atoms with E-state index in [9.17, 15) is 9.59 Å². The van der Waals surface area contributed by atoms with Gasteiger partial charge < -0.3 is 15.6 Å². The van der Waals surface area contributed by atoms with Crippen molar-refractivity contribution in [3.05, 3.63) is 35.2 Å². The second-order valence-electron chi connectivity index (χ2n) is 6.18. The number of hydrogen-bond donors (Lipinski definition) is 2. The van der Waals surface area contributed by atoms with Crippen LogP contribution in [0.4, 0.5) is 5.69 Å². The molecule has 0 saturated heterocycles. The molecule has 0 bridgehead atoms. The number of thioether (sulfide) groups is 1. The van der Waals surface area contributed by atoms with Gasteiger partial charge in [-0.25, -0.2) is 0 Å². The molecule has 1 atom stereocenters. The molecule has 0 saturated carbocycles. The van der Waals surface area contributed by atoms with Crippen molar-refractivity contribution in [2.45, 2.75) is 57.5 Å². The summed E-state index contributed by atoms with van der Waals surface area (Å²) < 4.78 is 1.91. The fourth-order valence-electron chi connectivity index (χ4n) is 2.46. The quantitative estimate of drug-likeness (QED) is 0.690. The van der Waals surface area contributed by atoms with Gasteiger partial charge in [-0.3, -0.25) is 9.59 Å². The minimum absolute atomic E-state index is 0.0898. The van der Waals surface area contributed by atoms with E-state index in [2.05, 4.69) is 15.5 Å². The standard InChI is InChI=1S/C18H25N5O2S/c1-5-23-16(9-8-15(19)24)21-22-18(23)26-13(4)17(25)20-14-10-11(2)6-7-12(14)3/h6-7,10,13H,5,8-9H2,1-4H3,(H2,19,24)(H,20,25)/t13-/m0/s1. The van der Waals surface area contributed by atoms with Crippen molar-refractivity contribution < 1.29 is 9.59 Å². The average Bonchev–Trinajstić information content (AvgIpc) is 2.97.